The number of aromatic nitrogens is 3. The maximum atomic E-state index is 13.2. The summed E-state index contributed by atoms with van der Waals surface area (Å²) < 4.78 is 56.4. The van der Waals surface area contributed by atoms with Gasteiger partial charge in [0.05, 0.1) is 17.2 Å². The zero-order chi connectivity index (χ0) is 22.7. The number of alkyl halides is 3. The summed E-state index contributed by atoms with van der Waals surface area (Å²) in [6.45, 7) is 0. The molecule has 2 heterocycles. The number of nitrogens with two attached hydrogens (primary N) is 1. The van der Waals surface area contributed by atoms with Crippen LogP contribution in [0.25, 0.3) is 0 Å². The summed E-state index contributed by atoms with van der Waals surface area (Å²) in [6, 6.07) is 7.67. The van der Waals surface area contributed by atoms with Crippen molar-refractivity contribution in [3.05, 3.63) is 66.2 Å². The van der Waals surface area contributed by atoms with Crippen LogP contribution in [0.4, 0.5) is 24.8 Å². The largest absolute Gasteiger partial charge is 0.488 e. The van der Waals surface area contributed by atoms with E-state index in [4.69, 9.17) is 9.88 Å². The Kier molecular flexibility index (Phi) is 6.38. The molecule has 1 saturated carbocycles. The molecule has 4 rings (SSSR count). The van der Waals surface area contributed by atoms with Crippen LogP contribution in [0.5, 0.6) is 5.75 Å². The minimum absolute atomic E-state index is 0.0962. The highest BCUT2D eigenvalue weighted by atomic mass is 32.2. The summed E-state index contributed by atoms with van der Waals surface area (Å²) in [5.74, 6) is 0.246. The molecule has 0 radical (unpaired) electrons. The van der Waals surface area contributed by atoms with Crippen LogP contribution in [0.2, 0.25) is 0 Å². The molecule has 1 fully saturated rings. The quantitative estimate of drug-likeness (QED) is 0.564. The molecule has 0 saturated heterocycles. The van der Waals surface area contributed by atoms with Gasteiger partial charge in [-0.15, -0.1) is 0 Å². The highest BCUT2D eigenvalue weighted by Gasteiger charge is 2.36. The number of ether oxygens (including phenoxy) is 1. The molecule has 11 heteroatoms. The molecule has 0 spiro atoms. The molecule has 3 atom stereocenters. The van der Waals surface area contributed by atoms with Crippen molar-refractivity contribution in [2.24, 2.45) is 5.14 Å². The van der Waals surface area contributed by atoms with Crippen molar-refractivity contribution in [3.63, 3.8) is 0 Å². The highest BCUT2D eigenvalue weighted by molar-refractivity contribution is 7.82. The van der Waals surface area contributed by atoms with Gasteiger partial charge in [-0.05, 0) is 61.1 Å². The maximum absolute atomic E-state index is 13.2. The van der Waals surface area contributed by atoms with Crippen LogP contribution in [-0.4, -0.2) is 25.3 Å². The van der Waals surface area contributed by atoms with E-state index in [1.165, 1.54) is 0 Å². The zero-order valence-corrected chi connectivity index (χ0v) is 17.6. The van der Waals surface area contributed by atoms with Gasteiger partial charge in [-0.2, -0.15) is 13.2 Å². The van der Waals surface area contributed by atoms with Crippen molar-refractivity contribution >= 4 is 22.6 Å². The van der Waals surface area contributed by atoms with Gasteiger partial charge < -0.3 is 10.1 Å². The Hall–Kier alpha value is -3.05. The zero-order valence-electron chi connectivity index (χ0n) is 16.7. The molecule has 7 nitrogen and oxygen atoms in total. The van der Waals surface area contributed by atoms with Gasteiger partial charge in [0.1, 0.15) is 22.3 Å². The van der Waals surface area contributed by atoms with Crippen molar-refractivity contribution in [3.8, 4) is 5.75 Å². The van der Waals surface area contributed by atoms with Crippen LogP contribution in [0.15, 0.2) is 60.0 Å². The van der Waals surface area contributed by atoms with Crippen molar-refractivity contribution in [1.82, 2.24) is 15.0 Å². The Morgan fingerprint density at radius 2 is 1.78 bits per heavy atom. The van der Waals surface area contributed by atoms with Crippen LogP contribution in [0.1, 0.15) is 36.3 Å². The predicted octanol–water partition coefficient (Wildman–Crippen LogP) is 4.33. The van der Waals surface area contributed by atoms with E-state index in [0.717, 1.165) is 36.1 Å². The van der Waals surface area contributed by atoms with E-state index in [-0.39, 0.29) is 17.8 Å². The minimum atomic E-state index is -4.49. The molecule has 168 valence electrons. The number of hydrogen-bond donors (Lipinski definition) is 2. The summed E-state index contributed by atoms with van der Waals surface area (Å²) in [6.07, 6.45) is 2.76. The lowest BCUT2D eigenvalue weighted by Crippen LogP contribution is -2.16. The number of pyridine rings is 1. The fraction of sp³-hybridized carbons (Fsp3) is 0.286. The first kappa shape index (κ1) is 22.2. The normalized spacial score (nSPS) is 19.5. The average molecular weight is 463 g/mol. The van der Waals surface area contributed by atoms with Crippen molar-refractivity contribution in [1.29, 1.82) is 0 Å². The summed E-state index contributed by atoms with van der Waals surface area (Å²) in [5.41, 5.74) is 0.802. The molecule has 0 amide bonds. The van der Waals surface area contributed by atoms with E-state index in [2.05, 4.69) is 20.3 Å². The van der Waals surface area contributed by atoms with E-state index in [0.29, 0.717) is 23.7 Å². The number of hydrogen-bond acceptors (Lipinski definition) is 6. The standard InChI is InChI=1S/C21H20F3N5O2S/c22-21(23,24)18-7-8-26-12-19(18)31-16-4-1-13(9-16)14-10-27-20(28-11-14)29-15-2-5-17(6-3-15)32(25)30/h2-3,5-8,10-13,16H,1,4,9,25H2,(H,27,28,29). The summed E-state index contributed by atoms with van der Waals surface area (Å²) in [4.78, 5) is 12.9. The fourth-order valence-corrected chi connectivity index (χ4v) is 4.06. The van der Waals surface area contributed by atoms with Crippen molar-refractivity contribution < 1.29 is 22.1 Å². The van der Waals surface area contributed by atoms with Crippen molar-refractivity contribution in [2.45, 2.75) is 42.4 Å². The number of halogens is 3. The second-order valence-electron chi connectivity index (χ2n) is 7.41. The fourth-order valence-electron chi connectivity index (χ4n) is 3.65. The smallest absolute Gasteiger partial charge is 0.420 e. The van der Waals surface area contributed by atoms with Gasteiger partial charge >= 0.3 is 6.18 Å². The van der Waals surface area contributed by atoms with Crippen LogP contribution < -0.4 is 15.2 Å². The van der Waals surface area contributed by atoms with Crippen LogP contribution >= 0.6 is 0 Å². The number of nitrogens with zero attached hydrogens (tertiary/aromatic N) is 3. The van der Waals surface area contributed by atoms with Crippen LogP contribution in [-0.2, 0) is 17.2 Å². The lowest BCUT2D eigenvalue weighted by Gasteiger charge is -2.18. The third-order valence-electron chi connectivity index (χ3n) is 5.25. The van der Waals surface area contributed by atoms with Crippen LogP contribution in [0, 0.1) is 0 Å². The molecule has 32 heavy (non-hydrogen) atoms. The van der Waals surface area contributed by atoms with E-state index < -0.39 is 22.7 Å². The third kappa shape index (κ3) is 5.22. The molecular formula is C21H20F3N5O2S. The van der Waals surface area contributed by atoms with Crippen molar-refractivity contribution in [2.75, 3.05) is 5.32 Å². The first-order chi connectivity index (χ1) is 15.3. The Labute approximate surface area is 184 Å². The third-order valence-corrected chi connectivity index (χ3v) is 5.99. The van der Waals surface area contributed by atoms with Gasteiger partial charge in [-0.25, -0.2) is 19.3 Å². The molecule has 2 aromatic heterocycles. The van der Waals surface area contributed by atoms with Gasteiger partial charge in [-0.1, -0.05) is 0 Å². The number of anilines is 2. The molecular weight excluding hydrogens is 443 g/mol. The Morgan fingerprint density at radius 3 is 2.44 bits per heavy atom. The number of nitrogens with one attached hydrogen (secondary N) is 1. The predicted molar refractivity (Wildman–Crippen MR) is 113 cm³/mol. The van der Waals surface area contributed by atoms with Crippen LogP contribution in [0.3, 0.4) is 0 Å². The van der Waals surface area contributed by atoms with E-state index in [1.807, 2.05) is 0 Å². The lowest BCUT2D eigenvalue weighted by atomic mass is 10.0. The topological polar surface area (TPSA) is 103 Å². The Balaban J connectivity index is 1.37. The Morgan fingerprint density at radius 1 is 1.06 bits per heavy atom. The minimum Gasteiger partial charge on any atom is -0.488 e. The average Bonchev–Trinajstić information content (AvgIpc) is 3.23. The second-order valence-corrected chi connectivity index (χ2v) is 8.47. The highest BCUT2D eigenvalue weighted by Crippen LogP contribution is 2.40. The van der Waals surface area contributed by atoms with Gasteiger partial charge in [0.15, 0.2) is 0 Å². The first-order valence-corrected chi connectivity index (χ1v) is 11.0. The Bertz CT molecular complexity index is 1090. The summed E-state index contributed by atoms with van der Waals surface area (Å²) in [7, 11) is -1.54. The maximum Gasteiger partial charge on any atom is 0.420 e. The first-order valence-electron chi connectivity index (χ1n) is 9.82. The molecule has 3 N–H and O–H groups in total. The van der Waals surface area contributed by atoms with E-state index in [1.54, 1.807) is 36.7 Å². The number of rotatable bonds is 6. The summed E-state index contributed by atoms with van der Waals surface area (Å²) in [5, 5.41) is 8.39. The molecule has 1 aromatic carbocycles. The van der Waals surface area contributed by atoms with Gasteiger partial charge in [-0.3, -0.25) is 4.98 Å². The number of benzene rings is 1. The molecule has 1 aliphatic rings. The lowest BCUT2D eigenvalue weighted by molar-refractivity contribution is -0.139. The summed E-state index contributed by atoms with van der Waals surface area (Å²) >= 11 is 0. The van der Waals surface area contributed by atoms with Gasteiger partial charge in [0.2, 0.25) is 5.95 Å². The van der Waals surface area contributed by atoms with E-state index in [9.17, 15) is 17.4 Å². The molecule has 3 unspecified atom stereocenters. The van der Waals surface area contributed by atoms with E-state index >= 15 is 0 Å². The SMILES string of the molecule is NS(=O)c1ccc(Nc2ncc(C3CCC(Oc4cnccc4C(F)(F)F)C3)cn2)cc1. The molecule has 0 aliphatic heterocycles. The molecule has 0 bridgehead atoms. The molecule has 1 aliphatic carbocycles. The van der Waals surface area contributed by atoms with Gasteiger partial charge in [0.25, 0.3) is 0 Å². The monoisotopic (exact) mass is 463 g/mol. The molecule has 3 aromatic rings. The van der Waals surface area contributed by atoms with Gasteiger partial charge in [0, 0.05) is 24.3 Å². The second kappa shape index (κ2) is 9.21.